The van der Waals surface area contributed by atoms with E-state index in [1.165, 1.54) is 24.8 Å². The molecule has 0 amide bonds. The highest BCUT2D eigenvalue weighted by Gasteiger charge is 2.14. The maximum atomic E-state index is 5.62. The molecule has 0 aliphatic carbocycles. The lowest BCUT2D eigenvalue weighted by Crippen LogP contribution is -2.17. The van der Waals surface area contributed by atoms with E-state index in [4.69, 9.17) is 14.2 Å². The van der Waals surface area contributed by atoms with E-state index in [1.54, 1.807) is 14.2 Å². The average Bonchev–Trinajstić information content (AvgIpc) is 3.00. The van der Waals surface area contributed by atoms with Gasteiger partial charge in [-0.25, -0.2) is 0 Å². The van der Waals surface area contributed by atoms with Crippen molar-refractivity contribution < 1.29 is 14.2 Å². The maximum absolute atomic E-state index is 5.62. The molecule has 0 aromatic heterocycles. The Bertz CT molecular complexity index is 403. The summed E-state index contributed by atoms with van der Waals surface area (Å²) in [6, 6.07) is 6.03. The molecule has 1 unspecified atom stereocenters. The topological polar surface area (TPSA) is 39.7 Å². The third-order valence-corrected chi connectivity index (χ3v) is 3.68. The molecule has 1 aliphatic rings. The third-order valence-electron chi connectivity index (χ3n) is 3.68. The van der Waals surface area contributed by atoms with E-state index in [0.717, 1.165) is 37.6 Å². The van der Waals surface area contributed by atoms with Gasteiger partial charge in [-0.3, -0.25) is 0 Å². The molecule has 1 heterocycles. The van der Waals surface area contributed by atoms with E-state index in [2.05, 4.69) is 11.4 Å². The SMILES string of the molecule is COc1ccc(CNCCCC2CCCO2)cc1OC. The summed E-state index contributed by atoms with van der Waals surface area (Å²) in [4.78, 5) is 0. The van der Waals surface area contributed by atoms with Crippen LogP contribution in [0.25, 0.3) is 0 Å². The van der Waals surface area contributed by atoms with E-state index in [1.807, 2.05) is 12.1 Å². The number of benzene rings is 1. The number of rotatable bonds is 8. The van der Waals surface area contributed by atoms with Crippen LogP contribution in [-0.4, -0.2) is 33.5 Å². The van der Waals surface area contributed by atoms with Gasteiger partial charge in [0.15, 0.2) is 11.5 Å². The van der Waals surface area contributed by atoms with Gasteiger partial charge in [-0.15, -0.1) is 0 Å². The zero-order valence-electron chi connectivity index (χ0n) is 12.5. The highest BCUT2D eigenvalue weighted by molar-refractivity contribution is 5.42. The molecule has 0 radical (unpaired) electrons. The van der Waals surface area contributed by atoms with Gasteiger partial charge in [0.1, 0.15) is 0 Å². The molecule has 1 aromatic rings. The average molecular weight is 279 g/mol. The Morgan fingerprint density at radius 2 is 2.10 bits per heavy atom. The second-order valence-electron chi connectivity index (χ2n) is 5.14. The van der Waals surface area contributed by atoms with Crippen molar-refractivity contribution >= 4 is 0 Å². The summed E-state index contributed by atoms with van der Waals surface area (Å²) in [6.07, 6.45) is 5.29. The Hall–Kier alpha value is -1.26. The van der Waals surface area contributed by atoms with Crippen LogP contribution >= 0.6 is 0 Å². The Balaban J connectivity index is 1.68. The van der Waals surface area contributed by atoms with Crippen molar-refractivity contribution in [2.45, 2.75) is 38.3 Å². The van der Waals surface area contributed by atoms with Crippen LogP contribution in [0.1, 0.15) is 31.2 Å². The molecule has 0 bridgehead atoms. The summed E-state index contributed by atoms with van der Waals surface area (Å²) in [7, 11) is 3.32. The highest BCUT2D eigenvalue weighted by Crippen LogP contribution is 2.27. The first-order valence-electron chi connectivity index (χ1n) is 7.36. The zero-order valence-corrected chi connectivity index (χ0v) is 12.5. The van der Waals surface area contributed by atoms with Gasteiger partial charge in [0.2, 0.25) is 0 Å². The molecule has 2 rings (SSSR count). The van der Waals surface area contributed by atoms with Crippen LogP contribution < -0.4 is 14.8 Å². The number of hydrogen-bond acceptors (Lipinski definition) is 4. The van der Waals surface area contributed by atoms with Crippen LogP contribution in [0, 0.1) is 0 Å². The summed E-state index contributed by atoms with van der Waals surface area (Å²) in [6.45, 7) is 2.82. The number of methoxy groups -OCH3 is 2. The van der Waals surface area contributed by atoms with Crippen molar-refractivity contribution in [3.8, 4) is 11.5 Å². The number of ether oxygens (including phenoxy) is 3. The predicted molar refractivity (Wildman–Crippen MR) is 79.5 cm³/mol. The monoisotopic (exact) mass is 279 g/mol. The summed E-state index contributed by atoms with van der Waals surface area (Å²) in [5, 5.41) is 3.46. The molecule has 1 aromatic carbocycles. The molecule has 0 saturated carbocycles. The zero-order chi connectivity index (χ0) is 14.2. The smallest absolute Gasteiger partial charge is 0.161 e. The number of hydrogen-bond donors (Lipinski definition) is 1. The maximum Gasteiger partial charge on any atom is 0.161 e. The van der Waals surface area contributed by atoms with E-state index in [9.17, 15) is 0 Å². The molecule has 4 nitrogen and oxygen atoms in total. The fourth-order valence-corrected chi connectivity index (χ4v) is 2.55. The first kappa shape index (κ1) is 15.1. The summed E-state index contributed by atoms with van der Waals surface area (Å²) >= 11 is 0. The Morgan fingerprint density at radius 1 is 1.25 bits per heavy atom. The van der Waals surface area contributed by atoms with Gasteiger partial charge >= 0.3 is 0 Å². The third kappa shape index (κ3) is 4.39. The van der Waals surface area contributed by atoms with Crippen molar-refractivity contribution in [2.24, 2.45) is 0 Å². The van der Waals surface area contributed by atoms with Gasteiger partial charge in [0, 0.05) is 13.2 Å². The summed E-state index contributed by atoms with van der Waals surface area (Å²) in [5.41, 5.74) is 1.21. The van der Waals surface area contributed by atoms with Crippen LogP contribution in [0.5, 0.6) is 11.5 Å². The quantitative estimate of drug-likeness (QED) is 0.743. The minimum absolute atomic E-state index is 0.498. The molecule has 1 aliphatic heterocycles. The van der Waals surface area contributed by atoms with Gasteiger partial charge in [0.25, 0.3) is 0 Å². The largest absolute Gasteiger partial charge is 0.493 e. The first-order chi connectivity index (χ1) is 9.83. The lowest BCUT2D eigenvalue weighted by atomic mass is 10.1. The van der Waals surface area contributed by atoms with E-state index in [-0.39, 0.29) is 0 Å². The minimum Gasteiger partial charge on any atom is -0.493 e. The summed E-state index contributed by atoms with van der Waals surface area (Å²) < 4.78 is 16.1. The highest BCUT2D eigenvalue weighted by atomic mass is 16.5. The van der Waals surface area contributed by atoms with Crippen LogP contribution in [0.2, 0.25) is 0 Å². The molecule has 4 heteroatoms. The summed E-state index contributed by atoms with van der Waals surface area (Å²) in [5.74, 6) is 1.56. The predicted octanol–water partition coefficient (Wildman–Crippen LogP) is 2.75. The van der Waals surface area contributed by atoms with Gasteiger partial charge in [-0.1, -0.05) is 6.07 Å². The number of nitrogens with one attached hydrogen (secondary N) is 1. The molecule has 1 atom stereocenters. The van der Waals surface area contributed by atoms with E-state index >= 15 is 0 Å². The minimum atomic E-state index is 0.498. The van der Waals surface area contributed by atoms with Gasteiger partial charge < -0.3 is 19.5 Å². The van der Waals surface area contributed by atoms with Gasteiger partial charge in [-0.2, -0.15) is 0 Å². The normalized spacial score (nSPS) is 18.2. The van der Waals surface area contributed by atoms with E-state index in [0.29, 0.717) is 6.10 Å². The molecule has 112 valence electrons. The first-order valence-corrected chi connectivity index (χ1v) is 7.36. The van der Waals surface area contributed by atoms with Crippen LogP contribution in [-0.2, 0) is 11.3 Å². The Kier molecular flexibility index (Phi) is 6.15. The standard InChI is InChI=1S/C16H25NO3/c1-18-15-8-7-13(11-16(15)19-2)12-17-9-3-5-14-6-4-10-20-14/h7-8,11,14,17H,3-6,9-10,12H2,1-2H3. The van der Waals surface area contributed by atoms with Crippen molar-refractivity contribution in [3.05, 3.63) is 23.8 Å². The molecular formula is C16H25NO3. The molecular weight excluding hydrogens is 254 g/mol. The lowest BCUT2D eigenvalue weighted by Gasteiger charge is -2.11. The van der Waals surface area contributed by atoms with Crippen LogP contribution in [0.15, 0.2) is 18.2 Å². The van der Waals surface area contributed by atoms with Gasteiger partial charge in [0.05, 0.1) is 20.3 Å². The Labute approximate surface area is 121 Å². The van der Waals surface area contributed by atoms with Crippen molar-refractivity contribution in [1.82, 2.24) is 5.32 Å². The molecule has 0 spiro atoms. The molecule has 1 saturated heterocycles. The molecule has 1 fully saturated rings. The van der Waals surface area contributed by atoms with Crippen LogP contribution in [0.4, 0.5) is 0 Å². The fraction of sp³-hybridized carbons (Fsp3) is 0.625. The van der Waals surface area contributed by atoms with Crippen molar-refractivity contribution in [1.29, 1.82) is 0 Å². The molecule has 1 N–H and O–H groups in total. The second-order valence-corrected chi connectivity index (χ2v) is 5.14. The Morgan fingerprint density at radius 3 is 2.80 bits per heavy atom. The second kappa shape index (κ2) is 8.12. The molecule has 20 heavy (non-hydrogen) atoms. The van der Waals surface area contributed by atoms with Crippen LogP contribution in [0.3, 0.4) is 0 Å². The van der Waals surface area contributed by atoms with Gasteiger partial charge in [-0.05, 0) is 49.9 Å². The fourth-order valence-electron chi connectivity index (χ4n) is 2.55. The van der Waals surface area contributed by atoms with E-state index < -0.39 is 0 Å². The lowest BCUT2D eigenvalue weighted by molar-refractivity contribution is 0.102. The van der Waals surface area contributed by atoms with Crippen molar-refractivity contribution in [3.63, 3.8) is 0 Å². The van der Waals surface area contributed by atoms with Crippen molar-refractivity contribution in [2.75, 3.05) is 27.4 Å².